The highest BCUT2D eigenvalue weighted by Crippen LogP contribution is 2.36. The van der Waals surface area contributed by atoms with Gasteiger partial charge in [0.1, 0.15) is 0 Å². The molecule has 0 saturated carbocycles. The molecule has 0 aliphatic rings. The molecule has 0 radical (unpaired) electrons. The molecule has 1 N–H and O–H groups in total. The highest BCUT2D eigenvalue weighted by molar-refractivity contribution is 9.10. The Bertz CT molecular complexity index is 2140. The number of hydrazone groups is 1. The van der Waals surface area contributed by atoms with Crippen LogP contribution in [0.25, 0.3) is 50.4 Å². The van der Waals surface area contributed by atoms with E-state index >= 15 is 0 Å². The molecule has 7 rings (SSSR count). The number of carbonyl (C=O) groups is 1. The number of fused-ring (bicyclic) bond motifs is 1. The van der Waals surface area contributed by atoms with Crippen molar-refractivity contribution in [1.29, 1.82) is 0 Å². The monoisotopic (exact) mass is 646 g/mol. The first kappa shape index (κ1) is 28.2. The Morgan fingerprint density at radius 2 is 1.29 bits per heavy atom. The van der Waals surface area contributed by atoms with E-state index in [1.165, 1.54) is 0 Å². The molecule has 7 aromatic rings. The van der Waals surface area contributed by atoms with Crippen molar-refractivity contribution in [1.82, 2.24) is 15.0 Å². The second-order valence-electron chi connectivity index (χ2n) is 10.5. The van der Waals surface area contributed by atoms with Crippen molar-refractivity contribution < 1.29 is 4.79 Å². The Morgan fingerprint density at radius 3 is 1.98 bits per heavy atom. The number of hydrogen-bond donors (Lipinski definition) is 1. The number of nitrogens with zero attached hydrogens (tertiary/aromatic N) is 3. The molecule has 0 aliphatic heterocycles. The third kappa shape index (κ3) is 5.84. The van der Waals surface area contributed by atoms with Gasteiger partial charge in [-0.2, -0.15) is 5.10 Å². The topological polar surface area (TPSA) is 59.3 Å². The lowest BCUT2D eigenvalue weighted by molar-refractivity contribution is 0.0956. The summed E-state index contributed by atoms with van der Waals surface area (Å²) in [5.74, 6) is -0.307. The van der Waals surface area contributed by atoms with Crippen molar-refractivity contribution in [3.05, 3.63) is 167 Å². The number of aromatic nitrogens is 2. The second kappa shape index (κ2) is 12.6. The SMILES string of the molecule is O=C(N/N=C\c1cc(-c2ccccc2)n(-c2ccc(Br)cc2)c1-c1ccccc1)c1cc(-c2ccccc2)nc2ccccc12. The van der Waals surface area contributed by atoms with E-state index in [4.69, 9.17) is 4.98 Å². The molecule has 0 bridgehead atoms. The zero-order chi connectivity index (χ0) is 30.6. The summed E-state index contributed by atoms with van der Waals surface area (Å²) in [5.41, 5.74) is 11.7. The molecule has 1 amide bonds. The first-order valence-corrected chi connectivity index (χ1v) is 15.4. The van der Waals surface area contributed by atoms with E-state index in [1.54, 1.807) is 6.21 Å². The van der Waals surface area contributed by atoms with Crippen LogP contribution in [0.3, 0.4) is 0 Å². The van der Waals surface area contributed by atoms with Gasteiger partial charge >= 0.3 is 0 Å². The number of carbonyl (C=O) groups excluding carboxylic acids is 1. The van der Waals surface area contributed by atoms with Crippen molar-refractivity contribution in [2.24, 2.45) is 5.10 Å². The van der Waals surface area contributed by atoms with Crippen molar-refractivity contribution in [2.45, 2.75) is 0 Å². The maximum Gasteiger partial charge on any atom is 0.272 e. The van der Waals surface area contributed by atoms with Crippen molar-refractivity contribution >= 4 is 39.0 Å². The van der Waals surface area contributed by atoms with Gasteiger partial charge in [0, 0.05) is 26.7 Å². The number of benzene rings is 5. The molecule has 45 heavy (non-hydrogen) atoms. The standard InChI is InChI=1S/C39H27BrN4O/c40-31-20-22-32(23-21-31)44-37(28-14-6-2-7-15-28)24-30(38(44)29-16-8-3-9-17-29)26-41-43-39(45)34-25-36(27-12-4-1-5-13-27)42-35-19-11-10-18-33(34)35/h1-26H,(H,43,45)/b41-26-. The van der Waals surface area contributed by atoms with Crippen LogP contribution in [0.15, 0.2) is 161 Å². The summed E-state index contributed by atoms with van der Waals surface area (Å²) in [4.78, 5) is 18.5. The summed E-state index contributed by atoms with van der Waals surface area (Å²) in [6, 6.07) is 50.2. The molecule has 0 aliphatic carbocycles. The third-order valence-corrected chi connectivity index (χ3v) is 8.16. The predicted octanol–water partition coefficient (Wildman–Crippen LogP) is 9.55. The molecule has 216 valence electrons. The molecule has 0 fully saturated rings. The van der Waals surface area contributed by atoms with Gasteiger partial charge in [-0.25, -0.2) is 10.4 Å². The van der Waals surface area contributed by atoms with Crippen LogP contribution in [-0.2, 0) is 0 Å². The lowest BCUT2D eigenvalue weighted by atomic mass is 10.0. The zero-order valence-electron chi connectivity index (χ0n) is 24.1. The lowest BCUT2D eigenvalue weighted by Gasteiger charge is -2.15. The van der Waals surface area contributed by atoms with E-state index < -0.39 is 0 Å². The van der Waals surface area contributed by atoms with Crippen LogP contribution in [-0.4, -0.2) is 21.7 Å². The van der Waals surface area contributed by atoms with Gasteiger partial charge in [0.05, 0.1) is 34.4 Å². The molecule has 6 heteroatoms. The fraction of sp³-hybridized carbons (Fsp3) is 0. The molecular formula is C39H27BrN4O. The maximum atomic E-state index is 13.7. The van der Waals surface area contributed by atoms with E-state index in [0.717, 1.165) is 60.4 Å². The summed E-state index contributed by atoms with van der Waals surface area (Å²) in [6.07, 6.45) is 1.73. The smallest absolute Gasteiger partial charge is 0.272 e. The van der Waals surface area contributed by atoms with E-state index in [-0.39, 0.29) is 5.91 Å². The van der Waals surface area contributed by atoms with Crippen molar-refractivity contribution in [3.8, 4) is 39.5 Å². The van der Waals surface area contributed by atoms with Crippen LogP contribution in [0.5, 0.6) is 0 Å². The molecule has 2 aromatic heterocycles. The van der Waals surface area contributed by atoms with E-state index in [2.05, 4.69) is 73.5 Å². The summed E-state index contributed by atoms with van der Waals surface area (Å²) in [6.45, 7) is 0. The van der Waals surface area contributed by atoms with E-state index in [9.17, 15) is 4.79 Å². The van der Waals surface area contributed by atoms with Gasteiger partial charge in [0.2, 0.25) is 0 Å². The maximum absolute atomic E-state index is 13.7. The second-order valence-corrected chi connectivity index (χ2v) is 11.4. The van der Waals surface area contributed by atoms with Crippen LogP contribution in [0.4, 0.5) is 0 Å². The number of pyridine rings is 1. The fourth-order valence-electron chi connectivity index (χ4n) is 5.54. The van der Waals surface area contributed by atoms with Gasteiger partial charge in [0.15, 0.2) is 0 Å². The molecule has 0 spiro atoms. The molecule has 2 heterocycles. The predicted molar refractivity (Wildman–Crippen MR) is 187 cm³/mol. The number of rotatable bonds is 7. The van der Waals surface area contributed by atoms with Gasteiger partial charge in [-0.1, -0.05) is 125 Å². The minimum absolute atomic E-state index is 0.307. The molecule has 0 atom stereocenters. The number of para-hydroxylation sites is 1. The van der Waals surface area contributed by atoms with Crippen LogP contribution < -0.4 is 5.43 Å². The Kier molecular flexibility index (Phi) is 7.87. The van der Waals surface area contributed by atoms with E-state index in [1.807, 2.05) is 109 Å². The highest BCUT2D eigenvalue weighted by atomic mass is 79.9. The van der Waals surface area contributed by atoms with E-state index in [0.29, 0.717) is 5.56 Å². The molecule has 0 saturated heterocycles. The highest BCUT2D eigenvalue weighted by Gasteiger charge is 2.19. The summed E-state index contributed by atoms with van der Waals surface area (Å²) in [7, 11) is 0. The Morgan fingerprint density at radius 1 is 0.689 bits per heavy atom. The van der Waals surface area contributed by atoms with Crippen molar-refractivity contribution in [3.63, 3.8) is 0 Å². The van der Waals surface area contributed by atoms with Gasteiger partial charge in [-0.05, 0) is 53.6 Å². The van der Waals surface area contributed by atoms with Crippen LogP contribution in [0, 0.1) is 0 Å². The fourth-order valence-corrected chi connectivity index (χ4v) is 5.80. The summed E-state index contributed by atoms with van der Waals surface area (Å²) in [5, 5.41) is 5.27. The quantitative estimate of drug-likeness (QED) is 0.138. The molecular weight excluding hydrogens is 620 g/mol. The normalized spacial score (nSPS) is 11.2. The first-order valence-electron chi connectivity index (χ1n) is 14.6. The largest absolute Gasteiger partial charge is 0.309 e. The van der Waals surface area contributed by atoms with Crippen LogP contribution >= 0.6 is 15.9 Å². The summed E-state index contributed by atoms with van der Waals surface area (Å²) >= 11 is 3.58. The molecule has 5 aromatic carbocycles. The van der Waals surface area contributed by atoms with Gasteiger partial charge in [-0.15, -0.1) is 0 Å². The Labute approximate surface area is 269 Å². The minimum atomic E-state index is -0.307. The lowest BCUT2D eigenvalue weighted by Crippen LogP contribution is -2.18. The third-order valence-electron chi connectivity index (χ3n) is 7.63. The van der Waals surface area contributed by atoms with Gasteiger partial charge < -0.3 is 4.57 Å². The summed E-state index contributed by atoms with van der Waals surface area (Å²) < 4.78 is 3.24. The average Bonchev–Trinajstić information content (AvgIpc) is 3.48. The number of halogens is 1. The van der Waals surface area contributed by atoms with Gasteiger partial charge in [-0.3, -0.25) is 4.79 Å². The first-order chi connectivity index (χ1) is 22.2. The Hall–Kier alpha value is -5.59. The van der Waals surface area contributed by atoms with Crippen LogP contribution in [0.2, 0.25) is 0 Å². The zero-order valence-corrected chi connectivity index (χ0v) is 25.7. The molecule has 0 unspecified atom stereocenters. The van der Waals surface area contributed by atoms with Crippen LogP contribution in [0.1, 0.15) is 15.9 Å². The average molecular weight is 648 g/mol. The number of nitrogens with one attached hydrogen (secondary N) is 1. The molecule has 5 nitrogen and oxygen atoms in total. The van der Waals surface area contributed by atoms with Crippen molar-refractivity contribution in [2.75, 3.05) is 0 Å². The number of amides is 1. The van der Waals surface area contributed by atoms with Gasteiger partial charge in [0.25, 0.3) is 5.91 Å². The minimum Gasteiger partial charge on any atom is -0.309 e. The Balaban J connectivity index is 1.31. The number of hydrogen-bond acceptors (Lipinski definition) is 3.